The Labute approximate surface area is 108 Å². The quantitative estimate of drug-likeness (QED) is 0.897. The van der Waals surface area contributed by atoms with Crippen molar-refractivity contribution in [3.63, 3.8) is 0 Å². The van der Waals surface area contributed by atoms with E-state index in [0.717, 1.165) is 37.4 Å². The first-order chi connectivity index (χ1) is 8.81. The van der Waals surface area contributed by atoms with Gasteiger partial charge in [-0.1, -0.05) is 6.07 Å². The molecular formula is C15H20N2O. The normalized spacial score (nSPS) is 17.4. The molecule has 18 heavy (non-hydrogen) atoms. The van der Waals surface area contributed by atoms with E-state index < -0.39 is 0 Å². The van der Waals surface area contributed by atoms with Crippen LogP contribution in [0.3, 0.4) is 0 Å². The zero-order chi connectivity index (χ0) is 12.4. The summed E-state index contributed by atoms with van der Waals surface area (Å²) in [6, 6.07) is 8.65. The van der Waals surface area contributed by atoms with Crippen LogP contribution in [0.4, 0.5) is 0 Å². The second-order valence-electron chi connectivity index (χ2n) is 5.07. The number of fused-ring (bicyclic) bond motifs is 1. The lowest BCUT2D eigenvalue weighted by Gasteiger charge is -2.27. The van der Waals surface area contributed by atoms with Crippen molar-refractivity contribution in [2.24, 2.45) is 0 Å². The van der Waals surface area contributed by atoms with Gasteiger partial charge in [0, 0.05) is 38.1 Å². The predicted octanol–water partition coefficient (Wildman–Crippen LogP) is 2.19. The van der Waals surface area contributed by atoms with Crippen molar-refractivity contribution in [2.75, 3.05) is 32.7 Å². The van der Waals surface area contributed by atoms with Crippen LogP contribution in [0.25, 0.3) is 11.0 Å². The minimum atomic E-state index is 0.990. The fourth-order valence-corrected chi connectivity index (χ4v) is 2.60. The van der Waals surface area contributed by atoms with Gasteiger partial charge < -0.3 is 14.6 Å². The highest BCUT2D eigenvalue weighted by Gasteiger charge is 2.09. The molecule has 0 radical (unpaired) electrons. The van der Waals surface area contributed by atoms with Gasteiger partial charge in [-0.3, -0.25) is 0 Å². The summed E-state index contributed by atoms with van der Waals surface area (Å²) in [5.74, 6) is 0.990. The summed E-state index contributed by atoms with van der Waals surface area (Å²) in [5, 5.41) is 4.61. The molecule has 3 heteroatoms. The summed E-state index contributed by atoms with van der Waals surface area (Å²) in [5.41, 5.74) is 2.40. The van der Waals surface area contributed by atoms with Crippen molar-refractivity contribution < 1.29 is 4.42 Å². The summed E-state index contributed by atoms with van der Waals surface area (Å²) >= 11 is 0. The van der Waals surface area contributed by atoms with Crippen LogP contribution >= 0.6 is 0 Å². The van der Waals surface area contributed by atoms with Gasteiger partial charge in [-0.05, 0) is 37.1 Å². The van der Waals surface area contributed by atoms with E-state index in [-0.39, 0.29) is 0 Å². The molecule has 1 N–H and O–H groups in total. The van der Waals surface area contributed by atoms with E-state index >= 15 is 0 Å². The van der Waals surface area contributed by atoms with E-state index in [4.69, 9.17) is 4.42 Å². The highest BCUT2D eigenvalue weighted by Crippen LogP contribution is 2.20. The first-order valence-electron chi connectivity index (χ1n) is 6.73. The number of nitrogens with one attached hydrogen (secondary N) is 1. The molecule has 3 nitrogen and oxygen atoms in total. The van der Waals surface area contributed by atoms with Crippen LogP contribution in [0, 0.1) is 6.92 Å². The minimum absolute atomic E-state index is 0.990. The second-order valence-corrected chi connectivity index (χ2v) is 5.07. The largest absolute Gasteiger partial charge is 0.461 e. The SMILES string of the molecule is Cc1cc2cc(CCN3CCNCC3)ccc2o1. The Morgan fingerprint density at radius 3 is 2.89 bits per heavy atom. The molecule has 0 atom stereocenters. The second kappa shape index (κ2) is 5.12. The predicted molar refractivity (Wildman–Crippen MR) is 74.0 cm³/mol. The van der Waals surface area contributed by atoms with Gasteiger partial charge in [-0.25, -0.2) is 0 Å². The number of furan rings is 1. The lowest BCUT2D eigenvalue weighted by atomic mass is 10.1. The van der Waals surface area contributed by atoms with E-state index in [0.29, 0.717) is 0 Å². The van der Waals surface area contributed by atoms with E-state index in [2.05, 4.69) is 34.5 Å². The zero-order valence-corrected chi connectivity index (χ0v) is 10.9. The van der Waals surface area contributed by atoms with Gasteiger partial charge in [-0.15, -0.1) is 0 Å². The van der Waals surface area contributed by atoms with Crippen LogP contribution in [0.2, 0.25) is 0 Å². The Bertz CT molecular complexity index is 526. The number of nitrogens with zero attached hydrogens (tertiary/aromatic N) is 1. The molecule has 1 aliphatic heterocycles. The Morgan fingerprint density at radius 2 is 2.06 bits per heavy atom. The topological polar surface area (TPSA) is 28.4 Å². The average molecular weight is 244 g/mol. The molecule has 1 aromatic heterocycles. The van der Waals surface area contributed by atoms with Crippen LogP contribution in [-0.2, 0) is 6.42 Å². The van der Waals surface area contributed by atoms with Gasteiger partial charge >= 0.3 is 0 Å². The van der Waals surface area contributed by atoms with Crippen LogP contribution in [-0.4, -0.2) is 37.6 Å². The Kier molecular flexibility index (Phi) is 3.35. The Balaban J connectivity index is 1.66. The molecule has 0 aliphatic carbocycles. The van der Waals surface area contributed by atoms with E-state index in [1.807, 2.05) is 6.92 Å². The molecule has 1 aliphatic rings. The van der Waals surface area contributed by atoms with Crippen LogP contribution in [0.5, 0.6) is 0 Å². The van der Waals surface area contributed by atoms with Gasteiger partial charge in [0.2, 0.25) is 0 Å². The number of piperazine rings is 1. The number of benzene rings is 1. The highest BCUT2D eigenvalue weighted by atomic mass is 16.3. The molecule has 1 fully saturated rings. The van der Waals surface area contributed by atoms with Gasteiger partial charge in [0.25, 0.3) is 0 Å². The molecular weight excluding hydrogens is 224 g/mol. The molecule has 1 saturated heterocycles. The van der Waals surface area contributed by atoms with E-state index in [9.17, 15) is 0 Å². The summed E-state index contributed by atoms with van der Waals surface area (Å²) in [6.45, 7) is 7.75. The van der Waals surface area contributed by atoms with Gasteiger partial charge in [0.15, 0.2) is 0 Å². The summed E-state index contributed by atoms with van der Waals surface area (Å²) in [6.07, 6.45) is 1.13. The summed E-state index contributed by atoms with van der Waals surface area (Å²) < 4.78 is 5.60. The summed E-state index contributed by atoms with van der Waals surface area (Å²) in [4.78, 5) is 2.53. The molecule has 1 aromatic carbocycles. The maximum atomic E-state index is 5.60. The Hall–Kier alpha value is -1.32. The monoisotopic (exact) mass is 244 g/mol. The molecule has 2 heterocycles. The summed E-state index contributed by atoms with van der Waals surface area (Å²) in [7, 11) is 0. The third kappa shape index (κ3) is 2.57. The van der Waals surface area contributed by atoms with Gasteiger partial charge in [0.1, 0.15) is 11.3 Å². The number of hydrogen-bond acceptors (Lipinski definition) is 3. The lowest BCUT2D eigenvalue weighted by molar-refractivity contribution is 0.244. The Morgan fingerprint density at radius 1 is 1.22 bits per heavy atom. The molecule has 0 unspecified atom stereocenters. The van der Waals surface area contributed by atoms with Crippen molar-refractivity contribution in [1.82, 2.24) is 10.2 Å². The van der Waals surface area contributed by atoms with Crippen LogP contribution in [0.1, 0.15) is 11.3 Å². The van der Waals surface area contributed by atoms with Crippen molar-refractivity contribution in [3.8, 4) is 0 Å². The first-order valence-corrected chi connectivity index (χ1v) is 6.73. The molecule has 0 saturated carbocycles. The molecule has 0 amide bonds. The van der Waals surface area contributed by atoms with Crippen molar-refractivity contribution in [3.05, 3.63) is 35.6 Å². The molecule has 3 rings (SSSR count). The molecule has 2 aromatic rings. The van der Waals surface area contributed by atoms with Crippen molar-refractivity contribution in [1.29, 1.82) is 0 Å². The average Bonchev–Trinajstić information content (AvgIpc) is 2.77. The first kappa shape index (κ1) is 11.8. The van der Waals surface area contributed by atoms with Gasteiger partial charge in [-0.2, -0.15) is 0 Å². The maximum Gasteiger partial charge on any atom is 0.134 e. The zero-order valence-electron chi connectivity index (χ0n) is 10.9. The number of rotatable bonds is 3. The smallest absolute Gasteiger partial charge is 0.134 e. The number of hydrogen-bond donors (Lipinski definition) is 1. The van der Waals surface area contributed by atoms with Crippen LogP contribution in [0.15, 0.2) is 28.7 Å². The van der Waals surface area contributed by atoms with E-state index in [1.165, 1.54) is 24.0 Å². The fraction of sp³-hybridized carbons (Fsp3) is 0.467. The van der Waals surface area contributed by atoms with Crippen molar-refractivity contribution >= 4 is 11.0 Å². The maximum absolute atomic E-state index is 5.60. The number of aryl methyl sites for hydroxylation is 1. The molecule has 0 spiro atoms. The standard InChI is InChI=1S/C15H20N2O/c1-12-10-14-11-13(2-3-15(14)18-12)4-7-17-8-5-16-6-9-17/h2-3,10-11,16H,4-9H2,1H3. The molecule has 0 bridgehead atoms. The fourth-order valence-electron chi connectivity index (χ4n) is 2.60. The van der Waals surface area contributed by atoms with E-state index in [1.54, 1.807) is 0 Å². The van der Waals surface area contributed by atoms with Crippen molar-refractivity contribution in [2.45, 2.75) is 13.3 Å². The van der Waals surface area contributed by atoms with Gasteiger partial charge in [0.05, 0.1) is 0 Å². The minimum Gasteiger partial charge on any atom is -0.461 e. The third-order valence-electron chi connectivity index (χ3n) is 3.63. The van der Waals surface area contributed by atoms with Crippen LogP contribution < -0.4 is 5.32 Å². The highest BCUT2D eigenvalue weighted by molar-refractivity contribution is 5.78. The lowest BCUT2D eigenvalue weighted by Crippen LogP contribution is -2.44. The molecule has 96 valence electrons. The third-order valence-corrected chi connectivity index (χ3v) is 3.63.